The topological polar surface area (TPSA) is 116 Å². The minimum atomic E-state index is -0.707. The molecule has 0 atom stereocenters. The number of hydrogen-bond donors (Lipinski definition) is 2. The van der Waals surface area contributed by atoms with Gasteiger partial charge >= 0.3 is 5.69 Å². The van der Waals surface area contributed by atoms with Crippen molar-refractivity contribution < 1.29 is 0 Å². The van der Waals surface area contributed by atoms with Crippen LogP contribution in [0.25, 0.3) is 5.69 Å². The van der Waals surface area contributed by atoms with Crippen LogP contribution in [-0.2, 0) is 6.42 Å². The highest BCUT2D eigenvalue weighted by atomic mass is 16.2. The van der Waals surface area contributed by atoms with E-state index in [0.29, 0.717) is 16.8 Å². The van der Waals surface area contributed by atoms with Crippen LogP contribution in [0.15, 0.2) is 45.0 Å². The van der Waals surface area contributed by atoms with Gasteiger partial charge in [0, 0.05) is 11.8 Å². The average molecular weight is 381 g/mol. The van der Waals surface area contributed by atoms with Crippen molar-refractivity contribution in [1.29, 1.82) is 0 Å². The zero-order valence-corrected chi connectivity index (χ0v) is 16.3. The van der Waals surface area contributed by atoms with Gasteiger partial charge in [0.1, 0.15) is 6.20 Å². The highest BCUT2D eigenvalue weighted by Gasteiger charge is 2.12. The molecule has 3 rings (SSSR count). The molecule has 0 radical (unpaired) electrons. The molecule has 0 saturated carbocycles. The smallest absolute Gasteiger partial charge is 0.332 e. The normalized spacial score (nSPS) is 11.2. The van der Waals surface area contributed by atoms with E-state index in [-0.39, 0.29) is 11.5 Å². The number of aromatic nitrogens is 4. The third-order valence-electron chi connectivity index (χ3n) is 4.83. The van der Waals surface area contributed by atoms with Crippen molar-refractivity contribution in [2.24, 2.45) is 0 Å². The molecule has 0 spiro atoms. The summed E-state index contributed by atoms with van der Waals surface area (Å²) in [5.41, 5.74) is 3.90. The average Bonchev–Trinajstić information content (AvgIpc) is 2.63. The molecule has 0 aliphatic carbocycles. The van der Waals surface area contributed by atoms with Crippen LogP contribution in [0.4, 0.5) is 0 Å². The van der Waals surface area contributed by atoms with E-state index in [1.165, 1.54) is 0 Å². The number of nitrogens with one attached hydrogen (secondary N) is 1. The standard InChI is InChI=1S/C20H23N5O3/c1-11(2)16-7-14(9-22-19(16)27)8-17-12(3)5-15(6-13(17)4)25-20(28)24(21)18(26)10-23-25/h5-7,9-11H,8,21H2,1-4H3,(H,22,27). The quantitative estimate of drug-likeness (QED) is 0.657. The predicted octanol–water partition coefficient (Wildman–Crippen LogP) is 1.13. The molecule has 8 nitrogen and oxygen atoms in total. The van der Waals surface area contributed by atoms with Crippen molar-refractivity contribution in [1.82, 2.24) is 19.4 Å². The highest BCUT2D eigenvalue weighted by Crippen LogP contribution is 2.22. The summed E-state index contributed by atoms with van der Waals surface area (Å²) in [6.07, 6.45) is 3.39. The highest BCUT2D eigenvalue weighted by molar-refractivity contribution is 5.46. The third-order valence-corrected chi connectivity index (χ3v) is 4.83. The van der Waals surface area contributed by atoms with Gasteiger partial charge in [-0.2, -0.15) is 14.5 Å². The molecule has 0 amide bonds. The zero-order valence-electron chi connectivity index (χ0n) is 16.3. The predicted molar refractivity (Wildman–Crippen MR) is 108 cm³/mol. The number of nitrogen functional groups attached to an aromatic ring is 1. The van der Waals surface area contributed by atoms with Crippen molar-refractivity contribution in [3.8, 4) is 5.69 Å². The Morgan fingerprint density at radius 2 is 1.75 bits per heavy atom. The first-order valence-electron chi connectivity index (χ1n) is 8.97. The molecule has 0 bridgehead atoms. The Bertz CT molecular complexity index is 1190. The molecule has 2 aromatic heterocycles. The molecular weight excluding hydrogens is 358 g/mol. The molecule has 0 unspecified atom stereocenters. The van der Waals surface area contributed by atoms with Crippen LogP contribution in [0.5, 0.6) is 0 Å². The van der Waals surface area contributed by atoms with E-state index in [1.54, 1.807) is 6.20 Å². The fourth-order valence-electron chi connectivity index (χ4n) is 3.25. The van der Waals surface area contributed by atoms with Gasteiger partial charge in [0.15, 0.2) is 0 Å². The van der Waals surface area contributed by atoms with Crippen molar-refractivity contribution in [3.63, 3.8) is 0 Å². The summed E-state index contributed by atoms with van der Waals surface area (Å²) in [5, 5.41) is 3.90. The molecule has 0 aliphatic rings. The lowest BCUT2D eigenvalue weighted by Gasteiger charge is -2.14. The Kier molecular flexibility index (Phi) is 5.04. The van der Waals surface area contributed by atoms with E-state index in [9.17, 15) is 14.4 Å². The summed E-state index contributed by atoms with van der Waals surface area (Å²) in [7, 11) is 0. The van der Waals surface area contributed by atoms with Crippen LogP contribution in [0.1, 0.15) is 47.6 Å². The van der Waals surface area contributed by atoms with Gasteiger partial charge in [0.25, 0.3) is 11.1 Å². The number of H-pyrrole nitrogens is 1. The monoisotopic (exact) mass is 381 g/mol. The lowest BCUT2D eigenvalue weighted by Crippen LogP contribution is -2.44. The van der Waals surface area contributed by atoms with Gasteiger partial charge in [-0.15, -0.1) is 0 Å². The second kappa shape index (κ2) is 7.30. The van der Waals surface area contributed by atoms with Crippen LogP contribution in [0.2, 0.25) is 0 Å². The Hall–Kier alpha value is -3.42. The number of hydrogen-bond acceptors (Lipinski definition) is 5. The number of nitrogens with zero attached hydrogens (tertiary/aromatic N) is 3. The molecule has 3 N–H and O–H groups in total. The van der Waals surface area contributed by atoms with Gasteiger partial charge in [0.05, 0.1) is 5.69 Å². The van der Waals surface area contributed by atoms with E-state index in [2.05, 4.69) is 10.1 Å². The minimum absolute atomic E-state index is 0.0649. The van der Waals surface area contributed by atoms with E-state index in [1.807, 2.05) is 45.9 Å². The van der Waals surface area contributed by atoms with Gasteiger partial charge in [0.2, 0.25) is 0 Å². The molecular formula is C20H23N5O3. The first-order valence-corrected chi connectivity index (χ1v) is 8.97. The fourth-order valence-corrected chi connectivity index (χ4v) is 3.25. The number of aryl methyl sites for hydroxylation is 2. The molecule has 1 aromatic carbocycles. The summed E-state index contributed by atoms with van der Waals surface area (Å²) in [6.45, 7) is 7.87. The van der Waals surface area contributed by atoms with E-state index < -0.39 is 11.2 Å². The number of benzene rings is 1. The van der Waals surface area contributed by atoms with E-state index in [4.69, 9.17) is 5.84 Å². The molecule has 3 aromatic rings. The second-order valence-corrected chi connectivity index (χ2v) is 7.23. The van der Waals surface area contributed by atoms with Crippen molar-refractivity contribution in [2.75, 3.05) is 5.84 Å². The second-order valence-electron chi connectivity index (χ2n) is 7.23. The Balaban J connectivity index is 2.03. The number of nitrogens with two attached hydrogens (primary N) is 1. The largest absolute Gasteiger partial charge is 0.370 e. The van der Waals surface area contributed by atoms with Gasteiger partial charge in [-0.25, -0.2) is 4.79 Å². The fraction of sp³-hybridized carbons (Fsp3) is 0.300. The van der Waals surface area contributed by atoms with Gasteiger partial charge < -0.3 is 10.8 Å². The maximum absolute atomic E-state index is 12.2. The minimum Gasteiger partial charge on any atom is -0.332 e. The summed E-state index contributed by atoms with van der Waals surface area (Å²) in [5.74, 6) is 5.62. The Labute approximate surface area is 161 Å². The Morgan fingerprint density at radius 3 is 2.36 bits per heavy atom. The van der Waals surface area contributed by atoms with Crippen molar-refractivity contribution in [2.45, 2.75) is 40.0 Å². The summed E-state index contributed by atoms with van der Waals surface area (Å²) in [6, 6.07) is 5.60. The summed E-state index contributed by atoms with van der Waals surface area (Å²) >= 11 is 0. The first-order chi connectivity index (χ1) is 13.2. The van der Waals surface area contributed by atoms with Crippen LogP contribution >= 0.6 is 0 Å². The number of rotatable bonds is 4. The van der Waals surface area contributed by atoms with Gasteiger partial charge in [-0.1, -0.05) is 13.8 Å². The van der Waals surface area contributed by atoms with E-state index >= 15 is 0 Å². The maximum Gasteiger partial charge on any atom is 0.370 e. The molecule has 146 valence electrons. The summed E-state index contributed by atoms with van der Waals surface area (Å²) < 4.78 is 1.63. The number of aromatic amines is 1. The lowest BCUT2D eigenvalue weighted by molar-refractivity contribution is 0.680. The third kappa shape index (κ3) is 3.53. The van der Waals surface area contributed by atoms with Gasteiger partial charge in [-0.05, 0) is 66.6 Å². The molecule has 0 fully saturated rings. The van der Waals surface area contributed by atoms with Crippen molar-refractivity contribution >= 4 is 0 Å². The molecule has 28 heavy (non-hydrogen) atoms. The van der Waals surface area contributed by atoms with Crippen LogP contribution in [0.3, 0.4) is 0 Å². The molecule has 0 aliphatic heterocycles. The van der Waals surface area contributed by atoms with Gasteiger partial charge in [-0.3, -0.25) is 9.59 Å². The summed E-state index contributed by atoms with van der Waals surface area (Å²) in [4.78, 5) is 38.4. The molecule has 0 saturated heterocycles. The zero-order chi connectivity index (χ0) is 20.6. The first kappa shape index (κ1) is 19.3. The van der Waals surface area contributed by atoms with Crippen LogP contribution in [-0.4, -0.2) is 19.4 Å². The van der Waals surface area contributed by atoms with Crippen molar-refractivity contribution in [3.05, 3.63) is 89.6 Å². The molecule has 8 heteroatoms. The van der Waals surface area contributed by atoms with Crippen LogP contribution in [0, 0.1) is 13.8 Å². The molecule has 2 heterocycles. The van der Waals surface area contributed by atoms with Crippen LogP contribution < -0.4 is 22.7 Å². The number of pyridine rings is 1. The lowest BCUT2D eigenvalue weighted by atomic mass is 9.94. The maximum atomic E-state index is 12.2. The van der Waals surface area contributed by atoms with E-state index in [0.717, 1.165) is 38.7 Å². The SMILES string of the molecule is Cc1cc(-n2ncc(=O)n(N)c2=O)cc(C)c1Cc1c[nH]c(=O)c(C(C)C)c1. The Morgan fingerprint density at radius 1 is 1.11 bits per heavy atom.